The Morgan fingerprint density at radius 3 is 2.35 bits per heavy atom. The molecule has 3 N–H and O–H groups in total. The van der Waals surface area contributed by atoms with Crippen LogP contribution in [0.4, 0.5) is 11.4 Å². The summed E-state index contributed by atoms with van der Waals surface area (Å²) in [7, 11) is -3.92. The molecule has 0 radical (unpaired) electrons. The van der Waals surface area contributed by atoms with Crippen LogP contribution >= 0.6 is 0 Å². The van der Waals surface area contributed by atoms with Crippen molar-refractivity contribution in [2.75, 3.05) is 29.9 Å². The molecule has 144 valence electrons. The fraction of sp³-hybridized carbons (Fsp3) is 0.412. The standard InChI is InChI=1S/C17H25N3O5S/c1-5-20(6-2)15-8-7-13(26(18,23)24)10-14(15)19-16(21)11-25-17(22)9-12(3)4/h7-10H,5-6,11H2,1-4H3,(H,19,21)(H2,18,23,24). The van der Waals surface area contributed by atoms with Gasteiger partial charge in [0, 0.05) is 19.2 Å². The lowest BCUT2D eigenvalue weighted by Crippen LogP contribution is -2.26. The van der Waals surface area contributed by atoms with Crippen LogP contribution in [0.15, 0.2) is 34.7 Å². The van der Waals surface area contributed by atoms with Crippen LogP contribution in [0.25, 0.3) is 0 Å². The molecular weight excluding hydrogens is 358 g/mol. The van der Waals surface area contributed by atoms with Gasteiger partial charge >= 0.3 is 5.97 Å². The average molecular weight is 383 g/mol. The number of sulfonamides is 1. The van der Waals surface area contributed by atoms with Gasteiger partial charge in [-0.15, -0.1) is 0 Å². The van der Waals surface area contributed by atoms with Crippen LogP contribution in [0.1, 0.15) is 27.7 Å². The number of esters is 1. The normalized spacial score (nSPS) is 10.8. The highest BCUT2D eigenvalue weighted by molar-refractivity contribution is 7.89. The number of hydrogen-bond acceptors (Lipinski definition) is 6. The Morgan fingerprint density at radius 2 is 1.85 bits per heavy atom. The van der Waals surface area contributed by atoms with Crippen molar-refractivity contribution in [2.45, 2.75) is 32.6 Å². The molecule has 0 aliphatic carbocycles. The Labute approximate surface area is 154 Å². The highest BCUT2D eigenvalue weighted by atomic mass is 32.2. The summed E-state index contributed by atoms with van der Waals surface area (Å²) in [6, 6.07) is 4.25. The van der Waals surface area contributed by atoms with E-state index in [2.05, 4.69) is 5.32 Å². The second kappa shape index (κ2) is 9.35. The van der Waals surface area contributed by atoms with Gasteiger partial charge in [0.1, 0.15) is 0 Å². The van der Waals surface area contributed by atoms with Crippen molar-refractivity contribution >= 4 is 33.3 Å². The Bertz CT molecular complexity index is 795. The van der Waals surface area contributed by atoms with Crippen molar-refractivity contribution in [2.24, 2.45) is 5.14 Å². The third kappa shape index (κ3) is 6.49. The first-order valence-corrected chi connectivity index (χ1v) is 9.66. The zero-order valence-electron chi connectivity index (χ0n) is 15.4. The molecule has 1 amide bonds. The first kappa shape index (κ1) is 21.7. The number of allylic oxidation sites excluding steroid dienone is 1. The molecule has 9 heteroatoms. The van der Waals surface area contributed by atoms with Gasteiger partial charge in [-0.2, -0.15) is 0 Å². The maximum absolute atomic E-state index is 12.1. The summed E-state index contributed by atoms with van der Waals surface area (Å²) in [6.45, 7) is 8.16. The first-order valence-electron chi connectivity index (χ1n) is 8.11. The van der Waals surface area contributed by atoms with Gasteiger partial charge in [0.05, 0.1) is 16.3 Å². The molecule has 0 atom stereocenters. The number of amides is 1. The Hall–Kier alpha value is -2.39. The van der Waals surface area contributed by atoms with E-state index in [4.69, 9.17) is 9.88 Å². The molecule has 0 aliphatic heterocycles. The molecule has 0 bridgehead atoms. The molecule has 0 aromatic heterocycles. The van der Waals surface area contributed by atoms with E-state index >= 15 is 0 Å². The monoisotopic (exact) mass is 383 g/mol. The number of carbonyl (C=O) groups excluding carboxylic acids is 2. The number of nitrogens with two attached hydrogens (primary N) is 1. The molecule has 0 spiro atoms. The maximum Gasteiger partial charge on any atom is 0.331 e. The SMILES string of the molecule is CCN(CC)c1ccc(S(N)(=O)=O)cc1NC(=O)COC(=O)C=C(C)C. The van der Waals surface area contributed by atoms with Crippen LogP contribution in [0.5, 0.6) is 0 Å². The van der Waals surface area contributed by atoms with Crippen molar-refractivity contribution < 1.29 is 22.7 Å². The average Bonchev–Trinajstić information content (AvgIpc) is 2.53. The summed E-state index contributed by atoms with van der Waals surface area (Å²) >= 11 is 0. The molecule has 0 saturated carbocycles. The fourth-order valence-corrected chi connectivity index (χ4v) is 2.77. The Kier molecular flexibility index (Phi) is 7.78. The summed E-state index contributed by atoms with van der Waals surface area (Å²) in [4.78, 5) is 25.4. The second-order valence-electron chi connectivity index (χ2n) is 5.77. The molecule has 26 heavy (non-hydrogen) atoms. The van der Waals surface area contributed by atoms with E-state index in [1.807, 2.05) is 18.7 Å². The smallest absolute Gasteiger partial charge is 0.331 e. The minimum Gasteiger partial charge on any atom is -0.452 e. The summed E-state index contributed by atoms with van der Waals surface area (Å²) in [5.41, 5.74) is 1.68. The molecule has 0 fully saturated rings. The Morgan fingerprint density at radius 1 is 1.23 bits per heavy atom. The minimum atomic E-state index is -3.92. The fourth-order valence-electron chi connectivity index (χ4n) is 2.23. The largest absolute Gasteiger partial charge is 0.452 e. The molecule has 1 aromatic rings. The molecular formula is C17H25N3O5S. The van der Waals surface area contributed by atoms with Gasteiger partial charge in [-0.3, -0.25) is 4.79 Å². The van der Waals surface area contributed by atoms with E-state index < -0.39 is 28.5 Å². The Balaban J connectivity index is 3.05. The predicted octanol–water partition coefficient (Wildman–Crippen LogP) is 1.63. The topological polar surface area (TPSA) is 119 Å². The highest BCUT2D eigenvalue weighted by Gasteiger charge is 2.16. The number of carbonyl (C=O) groups is 2. The van der Waals surface area contributed by atoms with Crippen molar-refractivity contribution in [1.29, 1.82) is 0 Å². The lowest BCUT2D eigenvalue weighted by molar-refractivity contribution is -0.142. The van der Waals surface area contributed by atoms with Gasteiger partial charge in [-0.05, 0) is 45.9 Å². The number of nitrogens with zero attached hydrogens (tertiary/aromatic N) is 1. The lowest BCUT2D eigenvalue weighted by Gasteiger charge is -2.24. The van der Waals surface area contributed by atoms with Crippen LogP contribution in [0, 0.1) is 0 Å². The van der Waals surface area contributed by atoms with E-state index in [0.717, 1.165) is 5.57 Å². The quantitative estimate of drug-likeness (QED) is 0.520. The van der Waals surface area contributed by atoms with Crippen molar-refractivity contribution in [1.82, 2.24) is 0 Å². The van der Waals surface area contributed by atoms with E-state index in [1.54, 1.807) is 19.9 Å². The summed E-state index contributed by atoms with van der Waals surface area (Å²) in [6.07, 6.45) is 1.27. The molecule has 0 aliphatic rings. The molecule has 0 unspecified atom stereocenters. The van der Waals surface area contributed by atoms with E-state index in [9.17, 15) is 18.0 Å². The molecule has 1 rings (SSSR count). The lowest BCUT2D eigenvalue weighted by atomic mass is 10.2. The van der Waals surface area contributed by atoms with Crippen LogP contribution in [-0.2, 0) is 24.3 Å². The maximum atomic E-state index is 12.1. The third-order valence-electron chi connectivity index (χ3n) is 3.43. The van der Waals surface area contributed by atoms with Gasteiger partial charge in [0.2, 0.25) is 10.0 Å². The van der Waals surface area contributed by atoms with Crippen molar-refractivity contribution in [3.05, 3.63) is 29.8 Å². The number of hydrogen-bond donors (Lipinski definition) is 2. The number of primary sulfonamides is 1. The van der Waals surface area contributed by atoms with Gasteiger partial charge < -0.3 is 15.0 Å². The van der Waals surface area contributed by atoms with Gasteiger partial charge in [-0.1, -0.05) is 5.57 Å². The highest BCUT2D eigenvalue weighted by Crippen LogP contribution is 2.28. The zero-order chi connectivity index (χ0) is 19.9. The molecule has 0 heterocycles. The van der Waals surface area contributed by atoms with Crippen molar-refractivity contribution in [3.63, 3.8) is 0 Å². The number of nitrogens with one attached hydrogen (secondary N) is 1. The summed E-state index contributed by atoms with van der Waals surface area (Å²) in [5.74, 6) is -1.21. The zero-order valence-corrected chi connectivity index (χ0v) is 16.2. The summed E-state index contributed by atoms with van der Waals surface area (Å²) in [5, 5.41) is 7.74. The van der Waals surface area contributed by atoms with Gasteiger partial charge in [0.25, 0.3) is 5.91 Å². The van der Waals surface area contributed by atoms with Gasteiger partial charge in [0.15, 0.2) is 6.61 Å². The van der Waals surface area contributed by atoms with E-state index in [-0.39, 0.29) is 10.6 Å². The van der Waals surface area contributed by atoms with E-state index in [0.29, 0.717) is 18.8 Å². The second-order valence-corrected chi connectivity index (χ2v) is 7.34. The summed E-state index contributed by atoms with van der Waals surface area (Å²) < 4.78 is 28.0. The minimum absolute atomic E-state index is 0.120. The number of anilines is 2. The molecule has 0 saturated heterocycles. The first-order chi connectivity index (χ1) is 12.1. The number of ether oxygens (including phenoxy) is 1. The van der Waals surface area contributed by atoms with Crippen molar-refractivity contribution in [3.8, 4) is 0 Å². The third-order valence-corrected chi connectivity index (χ3v) is 4.34. The van der Waals surface area contributed by atoms with Crippen LogP contribution in [-0.4, -0.2) is 40.0 Å². The molecule has 8 nitrogen and oxygen atoms in total. The van der Waals surface area contributed by atoms with Gasteiger partial charge in [-0.25, -0.2) is 18.4 Å². The van der Waals surface area contributed by atoms with E-state index in [1.165, 1.54) is 18.2 Å². The number of benzene rings is 1. The van der Waals surface area contributed by atoms with Crippen LogP contribution in [0.3, 0.4) is 0 Å². The molecule has 1 aromatic carbocycles. The predicted molar refractivity (Wildman–Crippen MR) is 100 cm³/mol. The van der Waals surface area contributed by atoms with Crippen LogP contribution < -0.4 is 15.4 Å². The number of rotatable bonds is 8. The van der Waals surface area contributed by atoms with Crippen LogP contribution in [0.2, 0.25) is 0 Å².